The van der Waals surface area contributed by atoms with Crippen molar-refractivity contribution < 1.29 is 9.84 Å². The fourth-order valence-electron chi connectivity index (χ4n) is 5.44. The average Bonchev–Trinajstić information content (AvgIpc) is 3.57. The maximum Gasteiger partial charge on any atom is 0.185 e. The quantitative estimate of drug-likeness (QED) is 0.603. The van der Waals surface area contributed by atoms with Crippen molar-refractivity contribution in [3.8, 4) is 0 Å². The molecular formula is C27H37N5O2. The van der Waals surface area contributed by atoms with Crippen LogP contribution in [0.1, 0.15) is 45.0 Å². The van der Waals surface area contributed by atoms with Crippen molar-refractivity contribution in [3.05, 3.63) is 60.0 Å². The SMILES string of the molecule is Cc1cc(N2CCC(C)C2)cn2nc(C34CC(CO3)C4NCC(C)(C)O)nc12.c1ccccc1. The van der Waals surface area contributed by atoms with Gasteiger partial charge in [0.15, 0.2) is 11.5 Å². The van der Waals surface area contributed by atoms with Gasteiger partial charge in [-0.25, -0.2) is 9.50 Å². The second kappa shape index (κ2) is 8.95. The Morgan fingerprint density at radius 1 is 1.21 bits per heavy atom. The number of ether oxygens (including phenoxy) is 1. The summed E-state index contributed by atoms with van der Waals surface area (Å²) in [4.78, 5) is 7.33. The molecular weight excluding hydrogens is 426 g/mol. The predicted molar refractivity (Wildman–Crippen MR) is 134 cm³/mol. The molecule has 0 amide bonds. The zero-order chi connectivity index (χ0) is 23.9. The van der Waals surface area contributed by atoms with Crippen LogP contribution in [0.15, 0.2) is 48.7 Å². The average molecular weight is 464 g/mol. The van der Waals surface area contributed by atoms with Gasteiger partial charge in [0.25, 0.3) is 0 Å². The zero-order valence-electron chi connectivity index (χ0n) is 20.7. The van der Waals surface area contributed by atoms with Gasteiger partial charge in [-0.2, -0.15) is 0 Å². The second-order valence-electron chi connectivity index (χ2n) is 10.9. The van der Waals surface area contributed by atoms with Crippen molar-refractivity contribution in [1.82, 2.24) is 19.9 Å². The number of hydrogen-bond donors (Lipinski definition) is 2. The van der Waals surface area contributed by atoms with E-state index in [1.165, 1.54) is 12.1 Å². The summed E-state index contributed by atoms with van der Waals surface area (Å²) in [6, 6.07) is 14.4. The van der Waals surface area contributed by atoms with E-state index in [2.05, 4.69) is 36.3 Å². The van der Waals surface area contributed by atoms with Crippen LogP contribution in [0, 0.1) is 18.8 Å². The van der Waals surface area contributed by atoms with Gasteiger partial charge in [0.2, 0.25) is 0 Å². The third kappa shape index (κ3) is 4.44. The number of aliphatic hydroxyl groups is 1. The lowest BCUT2D eigenvalue weighted by Crippen LogP contribution is -2.60. The van der Waals surface area contributed by atoms with Crippen LogP contribution < -0.4 is 10.2 Å². The van der Waals surface area contributed by atoms with Crippen LogP contribution in [-0.4, -0.2) is 57.6 Å². The number of nitrogens with zero attached hydrogens (tertiary/aromatic N) is 4. The molecule has 4 aliphatic rings. The molecule has 0 spiro atoms. The summed E-state index contributed by atoms with van der Waals surface area (Å²) >= 11 is 0. The van der Waals surface area contributed by atoms with Gasteiger partial charge in [0.1, 0.15) is 5.60 Å². The van der Waals surface area contributed by atoms with Crippen molar-refractivity contribution in [2.45, 2.75) is 57.8 Å². The highest BCUT2D eigenvalue weighted by atomic mass is 16.5. The maximum atomic E-state index is 10.1. The summed E-state index contributed by atoms with van der Waals surface area (Å²) in [6.45, 7) is 11.5. The van der Waals surface area contributed by atoms with Crippen LogP contribution in [0.3, 0.4) is 0 Å². The number of nitrogens with one attached hydrogen (secondary N) is 1. The first-order valence-electron chi connectivity index (χ1n) is 12.5. The fraction of sp³-hybridized carbons (Fsp3) is 0.556. The Kier molecular flexibility index (Phi) is 6.12. The molecule has 7 heteroatoms. The fourth-order valence-corrected chi connectivity index (χ4v) is 5.44. The van der Waals surface area contributed by atoms with E-state index in [4.69, 9.17) is 14.8 Å². The van der Waals surface area contributed by atoms with Crippen molar-refractivity contribution >= 4 is 11.3 Å². The first kappa shape index (κ1) is 23.3. The summed E-state index contributed by atoms with van der Waals surface area (Å²) in [5, 5.41) is 18.5. The number of anilines is 1. The topological polar surface area (TPSA) is 74.9 Å². The van der Waals surface area contributed by atoms with Crippen molar-refractivity contribution in [1.29, 1.82) is 0 Å². The molecule has 3 saturated heterocycles. The van der Waals surface area contributed by atoms with E-state index in [0.29, 0.717) is 12.5 Å². The number of benzene rings is 1. The molecule has 7 nitrogen and oxygen atoms in total. The highest BCUT2D eigenvalue weighted by molar-refractivity contribution is 5.57. The summed E-state index contributed by atoms with van der Waals surface area (Å²) in [5.74, 6) is 1.98. The lowest BCUT2D eigenvalue weighted by atomic mass is 9.68. The molecule has 1 saturated carbocycles. The highest BCUT2D eigenvalue weighted by Crippen LogP contribution is 2.54. The van der Waals surface area contributed by atoms with Crippen LogP contribution in [0.25, 0.3) is 5.65 Å². The van der Waals surface area contributed by atoms with Gasteiger partial charge in [-0.05, 0) is 51.2 Å². The molecule has 5 heterocycles. The molecule has 3 aliphatic heterocycles. The molecule has 4 atom stereocenters. The number of pyridine rings is 1. The molecule has 2 aromatic heterocycles. The van der Waals surface area contributed by atoms with E-state index in [0.717, 1.165) is 49.1 Å². The van der Waals surface area contributed by atoms with Crippen LogP contribution in [0.4, 0.5) is 5.69 Å². The molecule has 7 rings (SSSR count). The molecule has 182 valence electrons. The number of aryl methyl sites for hydroxylation is 1. The van der Waals surface area contributed by atoms with E-state index in [-0.39, 0.29) is 6.04 Å². The first-order chi connectivity index (χ1) is 16.2. The molecule has 0 radical (unpaired) electrons. The van der Waals surface area contributed by atoms with Gasteiger partial charge in [-0.1, -0.05) is 43.3 Å². The maximum absolute atomic E-state index is 10.1. The van der Waals surface area contributed by atoms with E-state index >= 15 is 0 Å². The minimum atomic E-state index is -0.749. The van der Waals surface area contributed by atoms with Gasteiger partial charge in [0.05, 0.1) is 24.1 Å². The minimum Gasteiger partial charge on any atom is -0.389 e. The van der Waals surface area contributed by atoms with E-state index in [9.17, 15) is 5.11 Å². The zero-order valence-corrected chi connectivity index (χ0v) is 20.7. The number of aromatic nitrogens is 3. The highest BCUT2D eigenvalue weighted by Gasteiger charge is 2.64. The molecule has 34 heavy (non-hydrogen) atoms. The predicted octanol–water partition coefficient (Wildman–Crippen LogP) is 3.55. The van der Waals surface area contributed by atoms with Crippen LogP contribution >= 0.6 is 0 Å². The Bertz CT molecular complexity index is 1090. The monoisotopic (exact) mass is 463 g/mol. The number of fused-ring (bicyclic) bond motifs is 2. The van der Waals surface area contributed by atoms with Crippen molar-refractivity contribution in [2.24, 2.45) is 11.8 Å². The molecule has 1 aliphatic carbocycles. The molecule has 2 N–H and O–H groups in total. The van der Waals surface area contributed by atoms with Gasteiger partial charge >= 0.3 is 0 Å². The Morgan fingerprint density at radius 3 is 2.50 bits per heavy atom. The van der Waals surface area contributed by atoms with E-state index in [1.807, 2.05) is 54.8 Å². The molecule has 3 aromatic rings. The van der Waals surface area contributed by atoms with Gasteiger partial charge in [-0.15, -0.1) is 5.10 Å². The lowest BCUT2D eigenvalue weighted by molar-refractivity contribution is -0.0484. The summed E-state index contributed by atoms with van der Waals surface area (Å²) < 4.78 is 8.13. The molecule has 4 unspecified atom stereocenters. The van der Waals surface area contributed by atoms with Gasteiger partial charge in [-0.3, -0.25) is 0 Å². The largest absolute Gasteiger partial charge is 0.389 e. The van der Waals surface area contributed by atoms with Crippen molar-refractivity contribution in [2.75, 3.05) is 31.1 Å². The standard InChI is InChI=1S/C21H31N5O2.C6H6/c1-13-5-6-25(9-13)16-7-14(2)18-23-19(24-26(18)10-16)21-8-15(11-28-21)17(21)22-12-20(3,4)27;1-2-4-6-5-3-1/h7,10,13,15,17,22,27H,5-6,8-9,11-12H2,1-4H3;1-6H. The third-order valence-electron chi connectivity index (χ3n) is 7.29. The Morgan fingerprint density at radius 2 is 1.91 bits per heavy atom. The smallest absolute Gasteiger partial charge is 0.185 e. The van der Waals surface area contributed by atoms with Crippen LogP contribution in [0.5, 0.6) is 0 Å². The molecule has 1 aromatic carbocycles. The second-order valence-corrected chi connectivity index (χ2v) is 10.9. The Labute approximate surface area is 202 Å². The molecule has 4 fully saturated rings. The van der Waals surface area contributed by atoms with Gasteiger partial charge in [0, 0.05) is 31.6 Å². The van der Waals surface area contributed by atoms with E-state index in [1.54, 1.807) is 0 Å². The van der Waals surface area contributed by atoms with Crippen LogP contribution in [-0.2, 0) is 10.3 Å². The third-order valence-corrected chi connectivity index (χ3v) is 7.29. The summed E-state index contributed by atoms with van der Waals surface area (Å²) in [6.07, 6.45) is 4.30. The van der Waals surface area contributed by atoms with Gasteiger partial charge < -0.3 is 20.1 Å². The van der Waals surface area contributed by atoms with E-state index < -0.39 is 11.2 Å². The normalized spacial score (nSPS) is 28.0. The number of hydrogen-bond acceptors (Lipinski definition) is 6. The first-order valence-corrected chi connectivity index (χ1v) is 12.5. The minimum absolute atomic E-state index is 0.163. The lowest BCUT2D eigenvalue weighted by Gasteiger charge is -2.44. The Hall–Kier alpha value is -2.48. The summed E-state index contributed by atoms with van der Waals surface area (Å²) in [5.41, 5.74) is 2.05. The van der Waals surface area contributed by atoms with Crippen LogP contribution in [0.2, 0.25) is 0 Å². The van der Waals surface area contributed by atoms with Crippen molar-refractivity contribution in [3.63, 3.8) is 0 Å². The number of rotatable bonds is 5. The Balaban J connectivity index is 0.000000351. The molecule has 2 bridgehead atoms. The summed E-state index contributed by atoms with van der Waals surface area (Å²) in [7, 11) is 0.